The van der Waals surface area contributed by atoms with E-state index < -0.39 is 125 Å². The predicted octanol–water partition coefficient (Wildman–Crippen LogP) is 9.14. The number of methoxy groups -OCH3 is 3. The van der Waals surface area contributed by atoms with Crippen molar-refractivity contribution in [3.63, 3.8) is 0 Å². The number of aliphatic hydroxyl groups is 1. The molecule has 3 saturated heterocycles. The van der Waals surface area contributed by atoms with Crippen LogP contribution in [0.25, 0.3) is 11.0 Å². The minimum Gasteiger partial charge on any atom is -0.507 e. The van der Waals surface area contributed by atoms with Crippen molar-refractivity contribution in [2.75, 3.05) is 59.2 Å². The fourth-order valence-corrected chi connectivity index (χ4v) is 17.3. The molecule has 5 aromatic heterocycles. The Morgan fingerprint density at radius 2 is 1.37 bits per heavy atom. The minimum atomic E-state index is -1.93. The first-order valence-corrected chi connectivity index (χ1v) is 42.7. The van der Waals surface area contributed by atoms with Crippen LogP contribution in [0.15, 0.2) is 170 Å². The summed E-state index contributed by atoms with van der Waals surface area (Å²) in [7, 11) is 7.02. The zero-order chi connectivity index (χ0) is 88.4. The maximum absolute atomic E-state index is 15.1. The van der Waals surface area contributed by atoms with E-state index in [1.54, 1.807) is 87.2 Å². The topological polar surface area (TPSA) is 379 Å². The number of likely N-dealkylation sites (tertiary alicyclic amines) is 1. The summed E-state index contributed by atoms with van der Waals surface area (Å²) < 4.78 is 36.8. The fraction of sp³-hybridized carbons (Fsp3) is 0.433. The number of ether oxygens (including phenoxy) is 6. The van der Waals surface area contributed by atoms with E-state index in [1.807, 2.05) is 97.9 Å². The molecule has 36 heteroatoms. The quantitative estimate of drug-likeness (QED) is 0.00718. The number of nitrogens with zero attached hydrogens (tertiary/aromatic N) is 13. The summed E-state index contributed by atoms with van der Waals surface area (Å²) in [4.78, 5) is 156. The van der Waals surface area contributed by atoms with E-state index in [0.717, 1.165) is 45.7 Å². The van der Waals surface area contributed by atoms with E-state index in [-0.39, 0.29) is 127 Å². The Bertz CT molecular complexity index is 5000. The van der Waals surface area contributed by atoms with E-state index in [9.17, 15) is 48.6 Å². The number of phenols is 1. The standard InChI is InChI=1S/C90H106ClN15O17S.2Zn/c1-57-24-23-31-75(119-8)90(117)48-73(121-88(116)97-90)58(2)84-89(4,123-84)76(47-80(110)101(6)70-43-60(40-57)45-72(118-7)82(70)91)122-86(114)59(3)100(5)78(108)33-39-124-74-46-81(111)104(85(74)113)38-22-10-11-32-79(109)105(55-77(107)96-56-106-69-30-13-12-29-68(69)98-99-106)71(87(115)120-9)44-61-41-62(49-102(51-64-25-14-18-34-92-64)52-65-26-15-19-35-93-65)83(112)63(42-61)50-103(53-66-27-16-20-36-94-66)54-67-28-17-21-37-95-67;;/h12-21,23-31,34-37,41-43,45,58-59,71,73-76,84,112,117H,10-11,22,32-33,38-40,44,46-56H2,1-9H3,(H,96,107)(H,97,116);;/q;2*+2/b31-23+,57-24+;;/t58-,59+,71-,73+,74?,75-,76+,84+,89+,90+;;/m0../s1. The first-order chi connectivity index (χ1) is 59.6. The van der Waals surface area contributed by atoms with E-state index in [1.165, 1.54) is 66.6 Å². The molecular formula is C90H106ClN15O17SZn2+4. The number of hydrogen-bond donors (Lipinski definition) is 4. The van der Waals surface area contributed by atoms with Crippen LogP contribution in [0.2, 0.25) is 5.02 Å². The van der Waals surface area contributed by atoms with Gasteiger partial charge in [-0.05, 0) is 124 Å². The van der Waals surface area contributed by atoms with Gasteiger partial charge in [-0.3, -0.25) is 68.7 Å². The van der Waals surface area contributed by atoms with Gasteiger partial charge >= 0.3 is 57.0 Å². The Morgan fingerprint density at radius 3 is 1.94 bits per heavy atom. The Labute approximate surface area is 766 Å². The van der Waals surface area contributed by atoms with Crippen molar-refractivity contribution in [1.29, 1.82) is 0 Å². The SMILES string of the molecule is COC(=O)[C@H](Cc1cc(CN(Cc2ccccn2)Cc2ccccn2)c(O)c(CN(Cc2ccccn2)Cc2ccccn2)c1)N(CC(=O)NCn1nnc2ccccc21)C(=O)CCCCCN1C(=O)CC(SCCC(=O)N(C)[C@H](C)C(=O)O[C@@H]2CC(=O)N(C)c3cc(cc(OC)c3Cl)C/C(C)=C/C=C/[C@H](OC)[C@]3(O)C[C@@H](OC(=O)N3)[C@H](C)[C@H]3O[C@@]32C)C1=O.[Zn+2].[Zn+2]. The van der Waals surface area contributed by atoms with Crippen LogP contribution >= 0.6 is 23.4 Å². The normalized spacial score (nSPS) is 21.2. The van der Waals surface area contributed by atoms with Gasteiger partial charge in [-0.15, -0.1) is 16.9 Å². The molecule has 8 aromatic rings. The molecule has 7 amide bonds. The van der Waals surface area contributed by atoms with Crippen LogP contribution in [0, 0.1) is 5.92 Å². The van der Waals surface area contributed by atoms with Gasteiger partial charge in [0.2, 0.25) is 35.4 Å². The van der Waals surface area contributed by atoms with Gasteiger partial charge in [-0.25, -0.2) is 19.1 Å². The Morgan fingerprint density at radius 1 is 0.762 bits per heavy atom. The van der Waals surface area contributed by atoms with Crippen LogP contribution in [-0.2, 0) is 160 Å². The number of hydrogen-bond acceptors (Lipinski definition) is 26. The molecular weight excluding hydrogens is 1760 g/mol. The number of carbonyl (C=O) groups is 9. The number of pyridine rings is 4. The summed E-state index contributed by atoms with van der Waals surface area (Å²) in [5.41, 5.74) is 4.45. The predicted molar refractivity (Wildman–Crippen MR) is 459 cm³/mol. The third kappa shape index (κ3) is 25.1. The number of halogens is 1. The average Bonchev–Trinajstić information content (AvgIpc) is 1.57. The smallest absolute Gasteiger partial charge is 0.507 e. The van der Waals surface area contributed by atoms with E-state index in [0.29, 0.717) is 78.2 Å². The Hall–Kier alpha value is -10.3. The number of likely N-dealkylation sites (N-methyl/N-ethyl adjacent to an activating group) is 1. The van der Waals surface area contributed by atoms with Crippen LogP contribution in [0.4, 0.5) is 10.5 Å². The van der Waals surface area contributed by atoms with Crippen molar-refractivity contribution >= 4 is 93.6 Å². The number of esters is 2. The third-order valence-electron chi connectivity index (χ3n) is 23.0. The zero-order valence-corrected chi connectivity index (χ0v) is 79.9. The molecule has 4 aliphatic heterocycles. The van der Waals surface area contributed by atoms with Crippen LogP contribution < -0.4 is 20.3 Å². The van der Waals surface area contributed by atoms with Gasteiger partial charge in [-0.2, -0.15) is 0 Å². The molecule has 10 atom stereocenters. The van der Waals surface area contributed by atoms with Crippen LogP contribution in [0.3, 0.4) is 0 Å². The molecule has 4 N–H and O–H groups in total. The summed E-state index contributed by atoms with van der Waals surface area (Å²) in [6.07, 6.45) is 7.06. The van der Waals surface area contributed by atoms with Gasteiger partial charge in [0.05, 0.1) is 66.0 Å². The number of aromatic hydroxyl groups is 1. The second kappa shape index (κ2) is 45.4. The number of aromatic nitrogens is 7. The van der Waals surface area contributed by atoms with Crippen molar-refractivity contribution in [2.45, 2.75) is 191 Å². The van der Waals surface area contributed by atoms with Crippen molar-refractivity contribution < 1.29 is 121 Å². The molecule has 656 valence electrons. The molecule has 0 spiro atoms. The van der Waals surface area contributed by atoms with Crippen LogP contribution in [-0.4, -0.2) is 230 Å². The number of nitrogens with one attached hydrogen (secondary N) is 2. The largest absolute Gasteiger partial charge is 2.00 e. The number of para-hydroxylation sites is 1. The molecule has 9 heterocycles. The number of allylic oxidation sites excluding steroid dienone is 3. The Kier molecular flexibility index (Phi) is 35.2. The maximum Gasteiger partial charge on any atom is 2.00 e. The van der Waals surface area contributed by atoms with Gasteiger partial charge in [0.1, 0.15) is 71.2 Å². The summed E-state index contributed by atoms with van der Waals surface area (Å²) in [6, 6.07) is 34.3. The molecule has 3 fully saturated rings. The summed E-state index contributed by atoms with van der Waals surface area (Å²) >= 11 is 8.03. The van der Waals surface area contributed by atoms with Gasteiger partial charge < -0.3 is 58.7 Å². The van der Waals surface area contributed by atoms with Gasteiger partial charge in [0.25, 0.3) is 0 Å². The minimum absolute atomic E-state index is 0. The molecule has 4 bridgehead atoms. The molecule has 0 radical (unpaired) electrons. The van der Waals surface area contributed by atoms with Gasteiger partial charge in [0, 0.05) is 147 Å². The molecule has 3 aromatic carbocycles. The molecule has 0 saturated carbocycles. The van der Waals surface area contributed by atoms with E-state index in [2.05, 4.69) is 50.7 Å². The van der Waals surface area contributed by atoms with Crippen molar-refractivity contribution in [3.05, 3.63) is 220 Å². The summed E-state index contributed by atoms with van der Waals surface area (Å²) in [6.45, 7) is 7.87. The molecule has 4 aliphatic rings. The van der Waals surface area contributed by atoms with Gasteiger partial charge in [0.15, 0.2) is 5.72 Å². The number of benzene rings is 3. The second-order valence-electron chi connectivity index (χ2n) is 31.8. The third-order valence-corrected chi connectivity index (χ3v) is 24.5. The molecule has 1 unspecified atom stereocenters. The number of amides is 7. The number of imide groups is 1. The number of carbonyl (C=O) groups excluding carboxylic acids is 9. The number of anilines is 1. The molecule has 12 rings (SSSR count). The maximum atomic E-state index is 15.1. The van der Waals surface area contributed by atoms with E-state index >= 15 is 4.79 Å². The summed E-state index contributed by atoms with van der Waals surface area (Å²) in [5.74, 6) is -5.02. The number of fused-ring (bicyclic) bond motifs is 6. The molecule has 0 aliphatic carbocycles. The summed E-state index contributed by atoms with van der Waals surface area (Å²) in [5, 5.41) is 37.8. The van der Waals surface area contributed by atoms with Crippen molar-refractivity contribution in [1.82, 2.24) is 70.1 Å². The first kappa shape index (κ1) is 97.8. The number of unbranched alkanes of at least 4 members (excludes halogenated alkanes) is 2. The monoisotopic (exact) mass is 1860 g/mol. The molecule has 32 nitrogen and oxygen atoms in total. The number of epoxide rings is 1. The second-order valence-corrected chi connectivity index (χ2v) is 33.5. The van der Waals surface area contributed by atoms with Crippen LogP contribution in [0.5, 0.6) is 11.5 Å². The van der Waals surface area contributed by atoms with Gasteiger partial charge in [-0.1, -0.05) is 102 Å². The fourth-order valence-electron chi connectivity index (χ4n) is 15.9. The average molecular weight is 1870 g/mol. The van der Waals surface area contributed by atoms with Crippen molar-refractivity contribution in [3.8, 4) is 11.5 Å². The first-order valence-electron chi connectivity index (χ1n) is 41.2. The number of alkyl carbamates (subject to hydrolysis) is 1. The number of phenolic OH excluding ortho intramolecular Hbond substituents is 1. The zero-order valence-electron chi connectivity index (χ0n) is 72.4. The van der Waals surface area contributed by atoms with Crippen molar-refractivity contribution in [2.24, 2.45) is 5.92 Å². The molecule has 126 heavy (non-hydrogen) atoms. The Balaban J connectivity index is 0.00000828. The van der Waals surface area contributed by atoms with Crippen LogP contribution in [0.1, 0.15) is 124 Å². The number of rotatable bonds is 35. The van der Waals surface area contributed by atoms with E-state index in [4.69, 9.17) is 40.0 Å². The number of thioether (sulfide) groups is 1.